The number of nitrogens with one attached hydrogen (secondary N) is 1. The molecule has 19 heavy (non-hydrogen) atoms. The number of hydrogen-bond donors (Lipinski definition) is 1. The quantitative estimate of drug-likeness (QED) is 0.911. The third-order valence-corrected chi connectivity index (χ3v) is 3.84. The van der Waals surface area contributed by atoms with Crippen molar-refractivity contribution in [2.75, 3.05) is 20.1 Å². The summed E-state index contributed by atoms with van der Waals surface area (Å²) in [7, 11) is 1.89. The van der Waals surface area contributed by atoms with Crippen molar-refractivity contribution in [2.45, 2.75) is 25.8 Å². The van der Waals surface area contributed by atoms with Gasteiger partial charge in [-0.2, -0.15) is 0 Å². The Kier molecular flexibility index (Phi) is 6.11. The summed E-state index contributed by atoms with van der Waals surface area (Å²) >= 11 is 5.97. The second kappa shape index (κ2) is 7.13. The van der Waals surface area contributed by atoms with Crippen molar-refractivity contribution in [1.29, 1.82) is 0 Å². The van der Waals surface area contributed by atoms with Gasteiger partial charge in [-0.25, -0.2) is 0 Å². The smallest absolute Gasteiger partial charge is 0.254 e. The summed E-state index contributed by atoms with van der Waals surface area (Å²) < 4.78 is 0. The normalized spacial score (nSPS) is 15.7. The number of piperidine rings is 1. The Labute approximate surface area is 125 Å². The van der Waals surface area contributed by atoms with Gasteiger partial charge in [-0.05, 0) is 50.6 Å². The van der Waals surface area contributed by atoms with Gasteiger partial charge in [0.15, 0.2) is 0 Å². The molecule has 0 atom stereocenters. The molecule has 0 aliphatic carbocycles. The van der Waals surface area contributed by atoms with Gasteiger partial charge in [0.1, 0.15) is 0 Å². The van der Waals surface area contributed by atoms with Gasteiger partial charge in [0.2, 0.25) is 0 Å². The van der Waals surface area contributed by atoms with Crippen molar-refractivity contribution in [3.63, 3.8) is 0 Å². The fraction of sp³-hybridized carbons (Fsp3) is 0.500. The maximum atomic E-state index is 12.5. The minimum Gasteiger partial charge on any atom is -0.339 e. The Morgan fingerprint density at radius 2 is 2.00 bits per heavy atom. The Balaban J connectivity index is 0.00000180. The average Bonchev–Trinajstić information content (AvgIpc) is 2.41. The third-order valence-electron chi connectivity index (χ3n) is 3.61. The maximum absolute atomic E-state index is 12.5. The zero-order valence-corrected chi connectivity index (χ0v) is 12.9. The maximum Gasteiger partial charge on any atom is 0.254 e. The minimum atomic E-state index is 0. The highest BCUT2D eigenvalue weighted by Crippen LogP contribution is 2.19. The predicted octanol–water partition coefficient (Wildman–Crippen LogP) is 2.89. The molecule has 1 aliphatic rings. The molecule has 1 amide bonds. The Morgan fingerprint density at radius 3 is 2.63 bits per heavy atom. The van der Waals surface area contributed by atoms with Crippen LogP contribution in [0.3, 0.4) is 0 Å². The first-order valence-corrected chi connectivity index (χ1v) is 6.71. The van der Waals surface area contributed by atoms with E-state index < -0.39 is 0 Å². The lowest BCUT2D eigenvalue weighted by molar-refractivity contribution is 0.0702. The molecular formula is C14H20Cl2N2O. The van der Waals surface area contributed by atoms with Gasteiger partial charge in [0, 0.05) is 23.7 Å². The molecule has 0 aromatic heterocycles. The number of nitrogens with zero attached hydrogens (tertiary/aromatic N) is 1. The molecule has 3 nitrogen and oxygen atoms in total. The second-order valence-corrected chi connectivity index (χ2v) is 5.29. The van der Waals surface area contributed by atoms with Crippen LogP contribution in [0.1, 0.15) is 28.8 Å². The topological polar surface area (TPSA) is 32.3 Å². The van der Waals surface area contributed by atoms with E-state index >= 15 is 0 Å². The van der Waals surface area contributed by atoms with Crippen LogP contribution in [0.25, 0.3) is 0 Å². The zero-order chi connectivity index (χ0) is 13.1. The summed E-state index contributed by atoms with van der Waals surface area (Å²) in [5, 5.41) is 3.92. The molecule has 0 spiro atoms. The van der Waals surface area contributed by atoms with E-state index in [4.69, 9.17) is 11.6 Å². The molecule has 1 N–H and O–H groups in total. The summed E-state index contributed by atoms with van der Waals surface area (Å²) in [5.74, 6) is 0.0712. The second-order valence-electron chi connectivity index (χ2n) is 4.86. The van der Waals surface area contributed by atoms with E-state index in [1.54, 1.807) is 6.07 Å². The number of aryl methyl sites for hydroxylation is 1. The van der Waals surface area contributed by atoms with Crippen LogP contribution in [0.2, 0.25) is 5.02 Å². The van der Waals surface area contributed by atoms with Crippen LogP contribution in [0.15, 0.2) is 18.2 Å². The van der Waals surface area contributed by atoms with Crippen molar-refractivity contribution in [2.24, 2.45) is 0 Å². The van der Waals surface area contributed by atoms with Crippen molar-refractivity contribution in [3.05, 3.63) is 34.3 Å². The summed E-state index contributed by atoms with van der Waals surface area (Å²) in [6.45, 7) is 3.91. The first-order chi connectivity index (χ1) is 8.59. The summed E-state index contributed by atoms with van der Waals surface area (Å²) in [4.78, 5) is 14.3. The van der Waals surface area contributed by atoms with Gasteiger partial charge in [-0.3, -0.25) is 4.79 Å². The number of halogens is 2. The van der Waals surface area contributed by atoms with Crippen LogP contribution in [-0.2, 0) is 0 Å². The molecule has 1 aliphatic heterocycles. The lowest BCUT2D eigenvalue weighted by Gasteiger charge is -2.32. The van der Waals surface area contributed by atoms with Gasteiger partial charge < -0.3 is 10.2 Å². The molecule has 0 bridgehead atoms. The van der Waals surface area contributed by atoms with E-state index in [0.29, 0.717) is 16.6 Å². The summed E-state index contributed by atoms with van der Waals surface area (Å²) in [6, 6.07) is 5.80. The van der Waals surface area contributed by atoms with Crippen LogP contribution >= 0.6 is 24.0 Å². The van der Waals surface area contributed by atoms with E-state index in [2.05, 4.69) is 5.32 Å². The molecule has 1 saturated heterocycles. The van der Waals surface area contributed by atoms with Crippen molar-refractivity contribution in [3.8, 4) is 0 Å². The van der Waals surface area contributed by atoms with Crippen molar-refractivity contribution < 1.29 is 4.79 Å². The molecule has 1 heterocycles. The third kappa shape index (κ3) is 3.85. The number of hydrogen-bond acceptors (Lipinski definition) is 2. The first kappa shape index (κ1) is 16.3. The van der Waals surface area contributed by atoms with Crippen LogP contribution in [0.4, 0.5) is 0 Å². The monoisotopic (exact) mass is 302 g/mol. The molecular weight excluding hydrogens is 283 g/mol. The van der Waals surface area contributed by atoms with E-state index in [0.717, 1.165) is 31.5 Å². The van der Waals surface area contributed by atoms with Gasteiger partial charge in [0.25, 0.3) is 5.91 Å². The number of rotatable bonds is 2. The lowest BCUT2D eigenvalue weighted by Crippen LogP contribution is -2.44. The van der Waals surface area contributed by atoms with E-state index in [9.17, 15) is 4.79 Å². The van der Waals surface area contributed by atoms with Gasteiger partial charge in [-0.15, -0.1) is 12.4 Å². The van der Waals surface area contributed by atoms with Crippen LogP contribution in [0, 0.1) is 6.92 Å². The Morgan fingerprint density at radius 1 is 1.37 bits per heavy atom. The van der Waals surface area contributed by atoms with E-state index in [1.807, 2.05) is 31.0 Å². The minimum absolute atomic E-state index is 0. The van der Waals surface area contributed by atoms with Gasteiger partial charge in [-0.1, -0.05) is 17.7 Å². The summed E-state index contributed by atoms with van der Waals surface area (Å²) in [5.41, 5.74) is 1.69. The predicted molar refractivity (Wildman–Crippen MR) is 81.4 cm³/mol. The van der Waals surface area contributed by atoms with Crippen LogP contribution in [0.5, 0.6) is 0 Å². The highest BCUT2D eigenvalue weighted by atomic mass is 35.5. The molecule has 5 heteroatoms. The highest BCUT2D eigenvalue weighted by molar-refractivity contribution is 6.31. The molecule has 106 valence electrons. The molecule has 1 fully saturated rings. The number of carbonyl (C=O) groups is 1. The first-order valence-electron chi connectivity index (χ1n) is 6.33. The average molecular weight is 303 g/mol. The molecule has 1 aromatic carbocycles. The fourth-order valence-electron chi connectivity index (χ4n) is 2.37. The molecule has 0 radical (unpaired) electrons. The number of benzene rings is 1. The van der Waals surface area contributed by atoms with Gasteiger partial charge >= 0.3 is 0 Å². The van der Waals surface area contributed by atoms with E-state index in [-0.39, 0.29) is 18.3 Å². The number of amides is 1. The molecule has 0 unspecified atom stereocenters. The largest absolute Gasteiger partial charge is 0.339 e. The standard InChI is InChI=1S/C14H19ClN2O.ClH/c1-10-3-4-11(15)9-13(10)14(18)17(2)12-5-7-16-8-6-12;/h3-4,9,12,16H,5-8H2,1-2H3;1H. The lowest BCUT2D eigenvalue weighted by atomic mass is 10.0. The molecule has 0 saturated carbocycles. The molecule has 1 aromatic rings. The van der Waals surface area contributed by atoms with Crippen molar-refractivity contribution >= 4 is 29.9 Å². The summed E-state index contributed by atoms with van der Waals surface area (Å²) in [6.07, 6.45) is 2.03. The Bertz CT molecular complexity index is 445. The molecule has 2 rings (SSSR count). The number of carbonyl (C=O) groups excluding carboxylic acids is 1. The van der Waals surface area contributed by atoms with E-state index in [1.165, 1.54) is 0 Å². The highest BCUT2D eigenvalue weighted by Gasteiger charge is 2.23. The zero-order valence-electron chi connectivity index (χ0n) is 11.3. The van der Waals surface area contributed by atoms with Gasteiger partial charge in [0.05, 0.1) is 0 Å². The van der Waals surface area contributed by atoms with Crippen LogP contribution in [-0.4, -0.2) is 37.0 Å². The van der Waals surface area contributed by atoms with Crippen molar-refractivity contribution in [1.82, 2.24) is 10.2 Å². The van der Waals surface area contributed by atoms with Crippen LogP contribution < -0.4 is 5.32 Å². The SMILES string of the molecule is Cc1ccc(Cl)cc1C(=O)N(C)C1CCNCC1.Cl. The Hall–Kier alpha value is -0.770. The fourth-order valence-corrected chi connectivity index (χ4v) is 2.55.